The minimum Gasteiger partial charge on any atom is -0.373 e. The number of hydrogen-bond acceptors (Lipinski definition) is 7. The second-order valence-corrected chi connectivity index (χ2v) is 6.88. The summed E-state index contributed by atoms with van der Waals surface area (Å²) >= 11 is 0. The van der Waals surface area contributed by atoms with Gasteiger partial charge in [0.1, 0.15) is 18.0 Å². The molecule has 8 nitrogen and oxygen atoms in total. The molecule has 1 aromatic rings. The number of hydrogen-bond donors (Lipinski definition) is 1. The molecule has 2 saturated heterocycles. The molecule has 1 aromatic heterocycles. The van der Waals surface area contributed by atoms with E-state index in [4.69, 9.17) is 10.5 Å². The van der Waals surface area contributed by atoms with Crippen LogP contribution in [0.15, 0.2) is 12.4 Å². The van der Waals surface area contributed by atoms with Crippen LogP contribution in [0, 0.1) is 0 Å². The summed E-state index contributed by atoms with van der Waals surface area (Å²) in [6, 6.07) is 2.08. The topological polar surface area (TPSA) is 87.8 Å². The Kier molecular flexibility index (Phi) is 6.04. The summed E-state index contributed by atoms with van der Waals surface area (Å²) in [5.74, 6) is 1.64. The minimum atomic E-state index is -0.322. The summed E-state index contributed by atoms with van der Waals surface area (Å²) in [5.41, 5.74) is 5.25. The Morgan fingerprint density at radius 3 is 2.68 bits per heavy atom. The van der Waals surface area contributed by atoms with Crippen LogP contribution in [-0.2, 0) is 9.53 Å². The maximum absolute atomic E-state index is 11.0. The normalized spacial score (nSPS) is 21.6. The van der Waals surface area contributed by atoms with Crippen molar-refractivity contribution in [2.45, 2.75) is 25.4 Å². The van der Waals surface area contributed by atoms with Crippen molar-refractivity contribution in [2.24, 2.45) is 5.73 Å². The average Bonchev–Trinajstić information content (AvgIpc) is 2.62. The number of anilines is 2. The van der Waals surface area contributed by atoms with Crippen molar-refractivity contribution in [3.8, 4) is 0 Å². The molecule has 25 heavy (non-hydrogen) atoms. The van der Waals surface area contributed by atoms with E-state index < -0.39 is 0 Å². The standard InChI is InChI=1S/C17H28N6O2/c1-21(12-15(18)24)10-14-11-23(7-8-25-14)17-9-16(19-13-20-17)22-5-3-2-4-6-22/h9,13-14H,2-8,10-12H2,1H3,(H2,18,24)/t14-/m0/s1. The van der Waals surface area contributed by atoms with Crippen molar-refractivity contribution < 1.29 is 9.53 Å². The molecule has 2 N–H and O–H groups in total. The molecule has 0 spiro atoms. The third-order valence-electron chi connectivity index (χ3n) is 4.72. The third kappa shape index (κ3) is 5.02. The van der Waals surface area contributed by atoms with Gasteiger partial charge < -0.3 is 20.3 Å². The number of likely N-dealkylation sites (N-methyl/N-ethyl adjacent to an activating group) is 1. The molecule has 0 saturated carbocycles. The Morgan fingerprint density at radius 1 is 1.24 bits per heavy atom. The number of rotatable bonds is 6. The smallest absolute Gasteiger partial charge is 0.231 e. The van der Waals surface area contributed by atoms with Gasteiger partial charge in [0.15, 0.2) is 0 Å². The Balaban J connectivity index is 1.62. The number of ether oxygens (including phenoxy) is 1. The Morgan fingerprint density at radius 2 is 1.96 bits per heavy atom. The van der Waals surface area contributed by atoms with Gasteiger partial charge in [-0.05, 0) is 26.3 Å². The number of aromatic nitrogens is 2. The van der Waals surface area contributed by atoms with Crippen molar-refractivity contribution in [1.29, 1.82) is 0 Å². The molecular weight excluding hydrogens is 320 g/mol. The first-order valence-electron chi connectivity index (χ1n) is 9.02. The van der Waals surface area contributed by atoms with Gasteiger partial charge in [-0.15, -0.1) is 0 Å². The van der Waals surface area contributed by atoms with Crippen LogP contribution in [0.1, 0.15) is 19.3 Å². The van der Waals surface area contributed by atoms with Crippen molar-refractivity contribution in [3.63, 3.8) is 0 Å². The fraction of sp³-hybridized carbons (Fsp3) is 0.706. The first-order chi connectivity index (χ1) is 12.1. The Hall–Kier alpha value is -1.93. The van der Waals surface area contributed by atoms with Crippen LogP contribution in [-0.4, -0.2) is 79.8 Å². The summed E-state index contributed by atoms with van der Waals surface area (Å²) in [4.78, 5) is 26.4. The van der Waals surface area contributed by atoms with Gasteiger partial charge in [-0.1, -0.05) is 0 Å². The van der Waals surface area contributed by atoms with Crippen LogP contribution in [0.5, 0.6) is 0 Å². The molecule has 2 aliphatic heterocycles. The van der Waals surface area contributed by atoms with Gasteiger partial charge in [0.25, 0.3) is 0 Å². The molecule has 0 radical (unpaired) electrons. The fourth-order valence-electron chi connectivity index (χ4n) is 3.52. The molecule has 0 aliphatic carbocycles. The molecule has 3 heterocycles. The largest absolute Gasteiger partial charge is 0.373 e. The summed E-state index contributed by atoms with van der Waals surface area (Å²) in [5, 5.41) is 0. The molecular formula is C17H28N6O2. The first kappa shape index (κ1) is 17.9. The van der Waals surface area contributed by atoms with Gasteiger partial charge in [-0.3, -0.25) is 9.69 Å². The maximum Gasteiger partial charge on any atom is 0.231 e. The highest BCUT2D eigenvalue weighted by Crippen LogP contribution is 2.22. The average molecular weight is 348 g/mol. The molecule has 138 valence electrons. The second-order valence-electron chi connectivity index (χ2n) is 6.88. The molecule has 2 fully saturated rings. The monoisotopic (exact) mass is 348 g/mol. The number of amides is 1. The number of primary amides is 1. The number of piperidine rings is 1. The van der Waals surface area contributed by atoms with E-state index in [0.29, 0.717) is 13.2 Å². The Bertz CT molecular complexity index is 578. The zero-order valence-corrected chi connectivity index (χ0v) is 14.9. The van der Waals surface area contributed by atoms with E-state index in [2.05, 4.69) is 25.8 Å². The van der Waals surface area contributed by atoms with E-state index in [0.717, 1.165) is 37.8 Å². The number of nitrogens with two attached hydrogens (primary N) is 1. The van der Waals surface area contributed by atoms with Gasteiger partial charge >= 0.3 is 0 Å². The van der Waals surface area contributed by atoms with E-state index >= 15 is 0 Å². The van der Waals surface area contributed by atoms with Gasteiger partial charge in [-0.25, -0.2) is 9.97 Å². The Labute approximate surface area is 148 Å². The van der Waals surface area contributed by atoms with Gasteiger partial charge in [-0.2, -0.15) is 0 Å². The molecule has 1 amide bonds. The van der Waals surface area contributed by atoms with Crippen LogP contribution < -0.4 is 15.5 Å². The van der Waals surface area contributed by atoms with E-state index in [9.17, 15) is 4.79 Å². The number of nitrogens with zero attached hydrogens (tertiary/aromatic N) is 5. The van der Waals surface area contributed by atoms with Crippen molar-refractivity contribution >= 4 is 17.5 Å². The number of morpholine rings is 1. The van der Waals surface area contributed by atoms with Crippen molar-refractivity contribution in [3.05, 3.63) is 12.4 Å². The lowest BCUT2D eigenvalue weighted by molar-refractivity contribution is -0.119. The van der Waals surface area contributed by atoms with E-state index in [1.54, 1.807) is 6.33 Å². The number of carbonyl (C=O) groups is 1. The first-order valence-corrected chi connectivity index (χ1v) is 9.02. The lowest BCUT2D eigenvalue weighted by atomic mass is 10.1. The molecule has 0 bridgehead atoms. The summed E-state index contributed by atoms with van der Waals surface area (Å²) in [6.07, 6.45) is 5.45. The summed E-state index contributed by atoms with van der Waals surface area (Å²) < 4.78 is 5.84. The second kappa shape index (κ2) is 8.44. The molecule has 2 aliphatic rings. The summed E-state index contributed by atoms with van der Waals surface area (Å²) in [7, 11) is 1.88. The molecule has 1 atom stereocenters. The predicted octanol–water partition coefficient (Wildman–Crippen LogP) is 0.0892. The molecule has 3 rings (SSSR count). The fourth-order valence-corrected chi connectivity index (χ4v) is 3.52. The quantitative estimate of drug-likeness (QED) is 0.779. The highest BCUT2D eigenvalue weighted by Gasteiger charge is 2.24. The zero-order chi connectivity index (χ0) is 17.6. The van der Waals surface area contributed by atoms with Gasteiger partial charge in [0.2, 0.25) is 5.91 Å². The number of carbonyl (C=O) groups excluding carboxylic acids is 1. The van der Waals surface area contributed by atoms with Crippen LogP contribution in [0.3, 0.4) is 0 Å². The molecule has 0 aromatic carbocycles. The maximum atomic E-state index is 11.0. The minimum absolute atomic E-state index is 0.0338. The zero-order valence-electron chi connectivity index (χ0n) is 14.9. The third-order valence-corrected chi connectivity index (χ3v) is 4.72. The van der Waals surface area contributed by atoms with Crippen molar-refractivity contribution in [2.75, 3.05) is 62.7 Å². The van der Waals surface area contributed by atoms with E-state index in [1.807, 2.05) is 11.9 Å². The van der Waals surface area contributed by atoms with E-state index in [-0.39, 0.29) is 18.6 Å². The van der Waals surface area contributed by atoms with E-state index in [1.165, 1.54) is 19.3 Å². The van der Waals surface area contributed by atoms with Gasteiger partial charge in [0, 0.05) is 38.8 Å². The van der Waals surface area contributed by atoms with Crippen LogP contribution >= 0.6 is 0 Å². The summed E-state index contributed by atoms with van der Waals surface area (Å²) in [6.45, 7) is 5.26. The lowest BCUT2D eigenvalue weighted by Gasteiger charge is -2.36. The lowest BCUT2D eigenvalue weighted by Crippen LogP contribution is -2.48. The SMILES string of the molecule is CN(CC(N)=O)C[C@H]1CN(c2cc(N3CCCCC3)ncn2)CCO1. The van der Waals surface area contributed by atoms with Crippen LogP contribution in [0.25, 0.3) is 0 Å². The van der Waals surface area contributed by atoms with Gasteiger partial charge in [0.05, 0.1) is 19.3 Å². The molecule has 0 unspecified atom stereocenters. The van der Waals surface area contributed by atoms with Crippen molar-refractivity contribution in [1.82, 2.24) is 14.9 Å². The highest BCUT2D eigenvalue weighted by molar-refractivity contribution is 5.75. The molecule has 8 heteroatoms. The highest BCUT2D eigenvalue weighted by atomic mass is 16.5. The van der Waals surface area contributed by atoms with Crippen LogP contribution in [0.4, 0.5) is 11.6 Å². The predicted molar refractivity (Wildman–Crippen MR) is 96.7 cm³/mol. The van der Waals surface area contributed by atoms with Crippen LogP contribution in [0.2, 0.25) is 0 Å².